The van der Waals surface area contributed by atoms with Crippen LogP contribution in [-0.4, -0.2) is 50.2 Å². The van der Waals surface area contributed by atoms with Gasteiger partial charge in [-0.2, -0.15) is 0 Å². The molecule has 0 bridgehead atoms. The van der Waals surface area contributed by atoms with Gasteiger partial charge < -0.3 is 14.0 Å². The van der Waals surface area contributed by atoms with Gasteiger partial charge in [-0.15, -0.1) is 0 Å². The number of carbonyl (C=O) groups is 1. The minimum Gasteiger partial charge on any atom is -0.495 e. The van der Waals surface area contributed by atoms with Crippen LogP contribution in [0.5, 0.6) is 5.75 Å². The fourth-order valence-corrected chi connectivity index (χ4v) is 5.05. The summed E-state index contributed by atoms with van der Waals surface area (Å²) < 4.78 is 40.8. The highest BCUT2D eigenvalue weighted by molar-refractivity contribution is 7.89. The smallest absolute Gasteiger partial charge is 0.258 e. The largest absolute Gasteiger partial charge is 0.495 e. The number of para-hydroxylation sites is 2. The van der Waals surface area contributed by atoms with Crippen LogP contribution in [0.15, 0.2) is 47.4 Å². The van der Waals surface area contributed by atoms with E-state index in [9.17, 15) is 13.2 Å². The van der Waals surface area contributed by atoms with Crippen molar-refractivity contribution in [3.63, 3.8) is 0 Å². The summed E-state index contributed by atoms with van der Waals surface area (Å²) in [6.45, 7) is 3.81. The van der Waals surface area contributed by atoms with Crippen molar-refractivity contribution in [2.75, 3.05) is 25.6 Å². The van der Waals surface area contributed by atoms with Gasteiger partial charge in [-0.25, -0.2) is 18.1 Å². The van der Waals surface area contributed by atoms with Gasteiger partial charge >= 0.3 is 0 Å². The minimum atomic E-state index is -3.80. The Bertz CT molecular complexity index is 1250. The lowest BCUT2D eigenvalue weighted by atomic mass is 10.2. The summed E-state index contributed by atoms with van der Waals surface area (Å²) in [5, 5.41) is 2.84. The number of imidazole rings is 1. The Morgan fingerprint density at radius 2 is 2.00 bits per heavy atom. The molecule has 1 aromatic heterocycles. The van der Waals surface area contributed by atoms with Gasteiger partial charge in [0.2, 0.25) is 16.0 Å². The molecular weight excluding hydrogens is 444 g/mol. The molecule has 0 saturated heterocycles. The molecule has 1 fully saturated rings. The van der Waals surface area contributed by atoms with Gasteiger partial charge in [0.05, 0.1) is 18.1 Å². The normalized spacial score (nSPS) is 13.9. The molecule has 1 heterocycles. The van der Waals surface area contributed by atoms with Crippen molar-refractivity contribution in [2.24, 2.45) is 0 Å². The van der Waals surface area contributed by atoms with E-state index in [1.165, 1.54) is 25.3 Å². The monoisotopic (exact) mass is 472 g/mol. The van der Waals surface area contributed by atoms with Gasteiger partial charge in [0, 0.05) is 31.4 Å². The first kappa shape index (κ1) is 23.2. The lowest BCUT2D eigenvalue weighted by Gasteiger charge is -2.13. The Kier molecular flexibility index (Phi) is 6.96. The standard InChI is InChI=1S/C23H28N4O5S/c1-3-32-14-6-13-27-19-8-5-4-7-18(19)24-23(27)25-22(28)16-9-12-20(31-2)21(15-16)33(29,30)26-17-10-11-17/h4-5,7-9,12,15,17,26H,3,6,10-11,13-14H2,1-2H3,(H,24,25,28). The van der Waals surface area contributed by atoms with Crippen LogP contribution in [0.3, 0.4) is 0 Å². The molecule has 10 heteroatoms. The van der Waals surface area contributed by atoms with E-state index >= 15 is 0 Å². The maximum Gasteiger partial charge on any atom is 0.258 e. The summed E-state index contributed by atoms with van der Waals surface area (Å²) in [4.78, 5) is 17.6. The average molecular weight is 473 g/mol. The van der Waals surface area contributed by atoms with Gasteiger partial charge in [0.1, 0.15) is 10.6 Å². The maximum atomic E-state index is 13.1. The third-order valence-corrected chi connectivity index (χ3v) is 6.91. The molecule has 3 aromatic rings. The average Bonchev–Trinajstić information content (AvgIpc) is 3.55. The molecule has 1 aliphatic carbocycles. The second kappa shape index (κ2) is 9.90. The van der Waals surface area contributed by atoms with Gasteiger partial charge in [-0.1, -0.05) is 12.1 Å². The zero-order chi connectivity index (χ0) is 23.4. The number of carbonyl (C=O) groups excluding carboxylic acids is 1. The number of aryl methyl sites for hydroxylation is 1. The highest BCUT2D eigenvalue weighted by Crippen LogP contribution is 2.29. The molecule has 1 aliphatic rings. The number of amides is 1. The second-order valence-corrected chi connectivity index (χ2v) is 9.52. The molecule has 0 spiro atoms. The van der Waals surface area contributed by atoms with Crippen molar-refractivity contribution >= 4 is 32.9 Å². The van der Waals surface area contributed by atoms with Crippen molar-refractivity contribution in [1.29, 1.82) is 0 Å². The second-order valence-electron chi connectivity index (χ2n) is 7.84. The van der Waals surface area contributed by atoms with Gasteiger partial charge in [-0.05, 0) is 56.5 Å². The number of sulfonamides is 1. The third-order valence-electron chi connectivity index (χ3n) is 5.37. The number of ether oxygens (including phenoxy) is 2. The van der Waals surface area contributed by atoms with Gasteiger partial charge in [-0.3, -0.25) is 10.1 Å². The molecule has 1 saturated carbocycles. The van der Waals surface area contributed by atoms with E-state index in [1.807, 2.05) is 35.8 Å². The van der Waals surface area contributed by atoms with Crippen molar-refractivity contribution in [3.8, 4) is 5.75 Å². The molecule has 0 atom stereocenters. The van der Waals surface area contributed by atoms with Crippen molar-refractivity contribution in [2.45, 2.75) is 43.7 Å². The van der Waals surface area contributed by atoms with Crippen molar-refractivity contribution < 1.29 is 22.7 Å². The lowest BCUT2D eigenvalue weighted by molar-refractivity contribution is 0.102. The Labute approximate surface area is 193 Å². The lowest BCUT2D eigenvalue weighted by Crippen LogP contribution is -2.26. The number of hydrogen-bond acceptors (Lipinski definition) is 6. The highest BCUT2D eigenvalue weighted by Gasteiger charge is 2.30. The summed E-state index contributed by atoms with van der Waals surface area (Å²) in [5.41, 5.74) is 1.85. The molecule has 0 aliphatic heterocycles. The minimum absolute atomic E-state index is 0.0604. The van der Waals surface area contributed by atoms with Crippen molar-refractivity contribution in [3.05, 3.63) is 48.0 Å². The van der Waals surface area contributed by atoms with Crippen LogP contribution < -0.4 is 14.8 Å². The number of benzene rings is 2. The Hall–Kier alpha value is -2.95. The van der Waals surface area contributed by atoms with Crippen LogP contribution in [0.25, 0.3) is 11.0 Å². The van der Waals surface area contributed by atoms with Crippen LogP contribution in [0.1, 0.15) is 36.5 Å². The number of aromatic nitrogens is 2. The maximum absolute atomic E-state index is 13.1. The van der Waals surface area contributed by atoms with Crippen LogP contribution in [0.2, 0.25) is 0 Å². The van der Waals surface area contributed by atoms with Crippen LogP contribution in [0, 0.1) is 0 Å². The highest BCUT2D eigenvalue weighted by atomic mass is 32.2. The molecule has 1 amide bonds. The Morgan fingerprint density at radius 1 is 1.21 bits per heavy atom. The first-order chi connectivity index (χ1) is 15.9. The van der Waals surface area contributed by atoms with Crippen LogP contribution in [0.4, 0.5) is 5.95 Å². The number of rotatable bonds is 11. The topological polar surface area (TPSA) is 112 Å². The van der Waals surface area contributed by atoms with Crippen LogP contribution in [-0.2, 0) is 21.3 Å². The number of fused-ring (bicyclic) bond motifs is 1. The van der Waals surface area contributed by atoms with Gasteiger partial charge in [0.15, 0.2) is 0 Å². The third kappa shape index (κ3) is 5.35. The zero-order valence-corrected chi connectivity index (χ0v) is 19.5. The van der Waals surface area contributed by atoms with E-state index in [0.29, 0.717) is 25.7 Å². The first-order valence-electron chi connectivity index (χ1n) is 11.0. The van der Waals surface area contributed by atoms with Crippen molar-refractivity contribution in [1.82, 2.24) is 14.3 Å². The molecule has 0 radical (unpaired) electrons. The van der Waals surface area contributed by atoms with E-state index in [2.05, 4.69) is 15.0 Å². The Morgan fingerprint density at radius 3 is 2.73 bits per heavy atom. The fraction of sp³-hybridized carbons (Fsp3) is 0.391. The summed E-state index contributed by atoms with van der Waals surface area (Å²) in [6.07, 6.45) is 2.37. The number of hydrogen-bond donors (Lipinski definition) is 2. The number of nitrogens with zero attached hydrogens (tertiary/aromatic N) is 2. The number of methoxy groups -OCH3 is 1. The molecule has 4 rings (SSSR count). The van der Waals surface area contributed by atoms with E-state index in [-0.39, 0.29) is 22.3 Å². The fourth-order valence-electron chi connectivity index (χ4n) is 3.55. The molecule has 176 valence electrons. The van der Waals surface area contributed by atoms with Gasteiger partial charge in [0.25, 0.3) is 5.91 Å². The molecule has 0 unspecified atom stereocenters. The molecule has 9 nitrogen and oxygen atoms in total. The summed E-state index contributed by atoms with van der Waals surface area (Å²) >= 11 is 0. The quantitative estimate of drug-likeness (QED) is 0.415. The van der Waals surface area contributed by atoms with E-state index in [4.69, 9.17) is 9.47 Å². The zero-order valence-electron chi connectivity index (χ0n) is 18.7. The van der Waals surface area contributed by atoms with E-state index in [1.54, 1.807) is 0 Å². The summed E-state index contributed by atoms with van der Waals surface area (Å²) in [7, 11) is -2.41. The van der Waals surface area contributed by atoms with Crippen LogP contribution >= 0.6 is 0 Å². The molecular formula is C23H28N4O5S. The number of nitrogens with one attached hydrogen (secondary N) is 2. The molecule has 2 aromatic carbocycles. The SMILES string of the molecule is CCOCCCn1c(NC(=O)c2ccc(OC)c(S(=O)(=O)NC3CC3)c2)nc2ccccc21. The summed E-state index contributed by atoms with van der Waals surface area (Å²) in [5.74, 6) is 0.124. The predicted octanol–water partition coefficient (Wildman–Crippen LogP) is 3.16. The molecule has 2 N–H and O–H groups in total. The number of anilines is 1. The van der Waals surface area contributed by atoms with E-state index < -0.39 is 15.9 Å². The summed E-state index contributed by atoms with van der Waals surface area (Å²) in [6, 6.07) is 11.9. The predicted molar refractivity (Wildman–Crippen MR) is 125 cm³/mol. The van der Waals surface area contributed by atoms with E-state index in [0.717, 1.165) is 30.3 Å². The Balaban J connectivity index is 1.61. The molecule has 33 heavy (non-hydrogen) atoms. The first-order valence-corrected chi connectivity index (χ1v) is 12.5.